The maximum Gasteiger partial charge on any atom is 0.272 e. The second-order valence-electron chi connectivity index (χ2n) is 19.1. The van der Waals surface area contributed by atoms with E-state index in [9.17, 15) is 0 Å². The SMILES string of the molecule is c1ccc(N(c2ccccc2)c2cc3c4c(c2)N(c2ccccc2)c2ccccc2B4c2cc4c(nc2S3)B2c3ccccc3N(c3ccccc3)c3cc(N(c5ccccc5)c5ccccc5)cc(c32)S4)cc1. The summed E-state index contributed by atoms with van der Waals surface area (Å²) in [5.41, 5.74) is 21.0. The molecule has 346 valence electrons. The zero-order chi connectivity index (χ0) is 48.7. The van der Waals surface area contributed by atoms with Crippen molar-refractivity contribution in [3.63, 3.8) is 0 Å². The lowest BCUT2D eigenvalue weighted by atomic mass is 9.34. The van der Waals surface area contributed by atoms with Crippen LogP contribution in [-0.4, -0.2) is 18.4 Å². The normalized spacial score (nSPS) is 13.2. The van der Waals surface area contributed by atoms with E-state index in [-0.39, 0.29) is 13.4 Å². The topological polar surface area (TPSA) is 25.9 Å². The molecule has 0 saturated heterocycles. The Morgan fingerprint density at radius 2 is 0.689 bits per heavy atom. The fourth-order valence-electron chi connectivity index (χ4n) is 11.8. The molecule has 0 unspecified atom stereocenters. The molecule has 4 aliphatic rings. The monoisotopic (exact) mass is 979 g/mol. The molecule has 0 fully saturated rings. The van der Waals surface area contributed by atoms with E-state index in [4.69, 9.17) is 4.98 Å². The lowest BCUT2D eigenvalue weighted by Crippen LogP contribution is -2.63. The van der Waals surface area contributed by atoms with Crippen LogP contribution in [0.1, 0.15) is 0 Å². The third kappa shape index (κ3) is 6.88. The summed E-state index contributed by atoms with van der Waals surface area (Å²) in [6.07, 6.45) is 0. The quantitative estimate of drug-likeness (QED) is 0.140. The smallest absolute Gasteiger partial charge is 0.272 e. The molecule has 15 rings (SSSR count). The number of hydrogen-bond acceptors (Lipinski definition) is 7. The molecule has 0 N–H and O–H groups in total. The van der Waals surface area contributed by atoms with Gasteiger partial charge in [-0.05, 0) is 143 Å². The minimum absolute atomic E-state index is 0.0519. The summed E-state index contributed by atoms with van der Waals surface area (Å²) in [5.74, 6) is 0. The summed E-state index contributed by atoms with van der Waals surface area (Å²) in [7, 11) is 0. The second-order valence-corrected chi connectivity index (χ2v) is 21.2. The van der Waals surface area contributed by atoms with E-state index in [1.165, 1.54) is 64.8 Å². The largest absolute Gasteiger partial charge is 0.311 e. The predicted octanol–water partition coefficient (Wildman–Crippen LogP) is 13.5. The number of para-hydroxylation sites is 8. The van der Waals surface area contributed by atoms with E-state index >= 15 is 0 Å². The van der Waals surface area contributed by atoms with Crippen LogP contribution in [0.2, 0.25) is 0 Å². The molecule has 0 amide bonds. The highest BCUT2D eigenvalue weighted by atomic mass is 32.2. The van der Waals surface area contributed by atoms with Gasteiger partial charge in [-0.3, -0.25) is 4.98 Å². The summed E-state index contributed by atoms with van der Waals surface area (Å²) in [6.45, 7) is -0.152. The molecule has 5 nitrogen and oxygen atoms in total. The van der Waals surface area contributed by atoms with Crippen molar-refractivity contribution in [2.75, 3.05) is 19.6 Å². The maximum atomic E-state index is 6.01. The van der Waals surface area contributed by atoms with E-state index in [0.717, 1.165) is 56.1 Å². The number of benzene rings is 10. The van der Waals surface area contributed by atoms with Crippen LogP contribution >= 0.6 is 23.5 Å². The first kappa shape index (κ1) is 43.0. The van der Waals surface area contributed by atoms with Crippen molar-refractivity contribution < 1.29 is 0 Å². The van der Waals surface area contributed by atoms with Crippen molar-refractivity contribution in [2.45, 2.75) is 19.7 Å². The van der Waals surface area contributed by atoms with Gasteiger partial charge in [0.05, 0.1) is 5.03 Å². The van der Waals surface area contributed by atoms with E-state index in [0.29, 0.717) is 0 Å². The van der Waals surface area contributed by atoms with Crippen LogP contribution in [0.4, 0.5) is 68.2 Å². The highest BCUT2D eigenvalue weighted by molar-refractivity contribution is 8.00. The number of hydrogen-bond donors (Lipinski definition) is 0. The molecule has 10 aromatic carbocycles. The number of nitrogens with zero attached hydrogens (tertiary/aromatic N) is 5. The van der Waals surface area contributed by atoms with Crippen LogP contribution in [0.3, 0.4) is 0 Å². The Morgan fingerprint density at radius 1 is 0.311 bits per heavy atom. The number of aromatic nitrogens is 1. The molecule has 0 saturated carbocycles. The van der Waals surface area contributed by atoms with Crippen LogP contribution in [0, 0.1) is 0 Å². The van der Waals surface area contributed by atoms with Gasteiger partial charge in [-0.1, -0.05) is 169 Å². The Labute approximate surface area is 440 Å². The van der Waals surface area contributed by atoms with Crippen molar-refractivity contribution in [3.05, 3.63) is 261 Å². The molecule has 5 heterocycles. The van der Waals surface area contributed by atoms with Crippen LogP contribution in [0.5, 0.6) is 0 Å². The van der Waals surface area contributed by atoms with Gasteiger partial charge in [0.25, 0.3) is 13.4 Å². The van der Waals surface area contributed by atoms with Crippen LogP contribution in [0.25, 0.3) is 0 Å². The van der Waals surface area contributed by atoms with Crippen LogP contribution in [0.15, 0.2) is 281 Å². The summed E-state index contributed by atoms with van der Waals surface area (Å²) < 4.78 is 0. The summed E-state index contributed by atoms with van der Waals surface area (Å²) in [4.78, 5) is 19.4. The molecule has 0 radical (unpaired) electrons. The predicted molar refractivity (Wildman–Crippen MR) is 313 cm³/mol. The van der Waals surface area contributed by atoms with Crippen molar-refractivity contribution >= 4 is 138 Å². The van der Waals surface area contributed by atoms with Crippen molar-refractivity contribution in [3.8, 4) is 0 Å². The van der Waals surface area contributed by atoms with Gasteiger partial charge >= 0.3 is 0 Å². The Morgan fingerprint density at radius 3 is 1.15 bits per heavy atom. The second kappa shape index (κ2) is 17.6. The first-order chi connectivity index (χ1) is 36.7. The minimum atomic E-state index is -0.101. The first-order valence-electron chi connectivity index (χ1n) is 25.2. The average molecular weight is 980 g/mol. The lowest BCUT2D eigenvalue weighted by Gasteiger charge is -2.42. The van der Waals surface area contributed by atoms with Gasteiger partial charge in [-0.2, -0.15) is 0 Å². The molecule has 0 bridgehead atoms. The fourth-order valence-corrected chi connectivity index (χ4v) is 14.2. The fraction of sp³-hybridized carbons (Fsp3) is 0. The van der Waals surface area contributed by atoms with Gasteiger partial charge < -0.3 is 19.6 Å². The van der Waals surface area contributed by atoms with E-state index in [1.54, 1.807) is 0 Å². The highest BCUT2D eigenvalue weighted by Gasteiger charge is 2.47. The Balaban J connectivity index is 0.968. The van der Waals surface area contributed by atoms with Gasteiger partial charge in [-0.15, -0.1) is 0 Å². The summed E-state index contributed by atoms with van der Waals surface area (Å²) >= 11 is 3.69. The minimum Gasteiger partial charge on any atom is -0.311 e. The first-order valence-corrected chi connectivity index (χ1v) is 26.8. The lowest BCUT2D eigenvalue weighted by molar-refractivity contribution is 1.13. The maximum absolute atomic E-state index is 6.01. The van der Waals surface area contributed by atoms with Gasteiger partial charge in [0.15, 0.2) is 0 Å². The molecule has 1 aromatic heterocycles. The van der Waals surface area contributed by atoms with Crippen molar-refractivity contribution in [1.82, 2.24) is 4.98 Å². The molecule has 74 heavy (non-hydrogen) atoms. The van der Waals surface area contributed by atoms with E-state index in [2.05, 4.69) is 280 Å². The van der Waals surface area contributed by atoms with Crippen molar-refractivity contribution in [2.24, 2.45) is 0 Å². The van der Waals surface area contributed by atoms with Crippen LogP contribution in [-0.2, 0) is 0 Å². The van der Waals surface area contributed by atoms with Crippen LogP contribution < -0.4 is 52.5 Å². The van der Waals surface area contributed by atoms with E-state index < -0.39 is 0 Å². The zero-order valence-electron chi connectivity index (χ0n) is 40.0. The molecule has 9 heteroatoms. The van der Waals surface area contributed by atoms with Gasteiger partial charge in [0, 0.05) is 88.5 Å². The van der Waals surface area contributed by atoms with Crippen molar-refractivity contribution in [1.29, 1.82) is 0 Å². The van der Waals surface area contributed by atoms with E-state index in [1.807, 2.05) is 23.5 Å². The molecule has 11 aromatic rings. The Hall–Kier alpha value is -8.62. The highest BCUT2D eigenvalue weighted by Crippen LogP contribution is 2.49. The third-order valence-electron chi connectivity index (χ3n) is 14.9. The Kier molecular flexibility index (Phi) is 10.2. The number of rotatable bonds is 8. The van der Waals surface area contributed by atoms with Gasteiger partial charge in [-0.25, -0.2) is 0 Å². The van der Waals surface area contributed by atoms with Gasteiger partial charge in [0.2, 0.25) is 0 Å². The number of pyridine rings is 1. The Bertz CT molecular complexity index is 3610. The average Bonchev–Trinajstić information content (AvgIpc) is 3.47. The molecular weight excluding hydrogens is 937 g/mol. The standard InChI is InChI=1S/C65H43B2N5S2/c1-7-23-44(24-8-1)69(45-25-9-2-10-26-45)50-40-58-63-59(41-50)73-61-43-54-65(68-64(61)67(63)53-36-20-22-38-56(53)72(58)49-33-17-6-18-34-49)74-60-42-51(70(46-27-11-3-12-28-46)47-29-13-4-14-30-47)39-57-62(60)66(54)52-35-19-21-37-55(52)71(57)48-31-15-5-16-32-48/h1-43H. The molecular formula is C65H43B2N5S2. The molecule has 0 spiro atoms. The number of fused-ring (bicyclic) bond motifs is 8. The molecule has 4 aliphatic heterocycles. The summed E-state index contributed by atoms with van der Waals surface area (Å²) in [5, 5.41) is 1.06. The zero-order valence-corrected chi connectivity index (χ0v) is 41.7. The van der Waals surface area contributed by atoms with Gasteiger partial charge in [0.1, 0.15) is 0 Å². The number of anilines is 12. The molecule has 0 aliphatic carbocycles. The molecule has 0 atom stereocenters. The summed E-state index contributed by atoms with van der Waals surface area (Å²) in [6, 6.07) is 95.0. The third-order valence-corrected chi connectivity index (χ3v) is 17.1.